The average molecular weight is 821 g/mol. The van der Waals surface area contributed by atoms with Crippen molar-refractivity contribution in [2.45, 2.75) is 95.8 Å². The predicted octanol–water partition coefficient (Wildman–Crippen LogP) is 7.43. The van der Waals surface area contributed by atoms with Crippen LogP contribution in [0.25, 0.3) is 0 Å². The third kappa shape index (κ3) is 11.5. The van der Waals surface area contributed by atoms with E-state index in [9.17, 15) is 8.42 Å². The van der Waals surface area contributed by atoms with Crippen molar-refractivity contribution in [2.24, 2.45) is 0 Å². The smallest absolute Gasteiger partial charge is 0.399 e. The van der Waals surface area contributed by atoms with Gasteiger partial charge in [0.15, 0.2) is 0 Å². The third-order valence-corrected chi connectivity index (χ3v) is 12.2. The van der Waals surface area contributed by atoms with Crippen LogP contribution in [0.3, 0.4) is 0 Å². The lowest BCUT2D eigenvalue weighted by atomic mass is 9.79. The highest BCUT2D eigenvalue weighted by atomic mass is 32.2. The summed E-state index contributed by atoms with van der Waals surface area (Å²) >= 11 is 0. The summed E-state index contributed by atoms with van der Waals surface area (Å²) < 4.78 is 79.4. The number of rotatable bonds is 18. The van der Waals surface area contributed by atoms with E-state index in [4.69, 9.17) is 37.2 Å². The molecule has 2 heterocycles. The maximum atomic E-state index is 14.1. The van der Waals surface area contributed by atoms with Crippen LogP contribution < -0.4 is 9.65 Å². The van der Waals surface area contributed by atoms with Gasteiger partial charge in [0.05, 0.1) is 44.2 Å². The first-order valence-corrected chi connectivity index (χ1v) is 21.6. The van der Waals surface area contributed by atoms with Crippen molar-refractivity contribution in [2.75, 3.05) is 12.4 Å². The summed E-state index contributed by atoms with van der Waals surface area (Å²) in [6.07, 6.45) is -4.15. The second-order valence-electron chi connectivity index (χ2n) is 16.0. The Morgan fingerprint density at radius 3 is 1.39 bits per heavy atom. The molecule has 10 nitrogen and oxygen atoms in total. The summed E-state index contributed by atoms with van der Waals surface area (Å²) in [6.45, 7) is 9.02. The molecule has 0 bridgehead atoms. The van der Waals surface area contributed by atoms with Gasteiger partial charge >= 0.3 is 17.2 Å². The van der Waals surface area contributed by atoms with Crippen LogP contribution in [-0.2, 0) is 69.5 Å². The lowest BCUT2D eigenvalue weighted by molar-refractivity contribution is -0.268. The molecule has 2 fully saturated rings. The van der Waals surface area contributed by atoms with E-state index in [2.05, 4.69) is 0 Å². The maximum Gasteiger partial charge on any atom is 0.494 e. The molecule has 310 valence electrons. The SMILES string of the molecule is CC1(C)OB(c2ccc(OS(=O)(=O)C[C@@H]3OC(COCc4ccccc4)[C@@H](OCc4ccccc4)C(OCc4ccccc4)C3OCc3ccccc3)cc2)OC1(C)C. The zero-order valence-corrected chi connectivity index (χ0v) is 34.9. The molecule has 0 aliphatic carbocycles. The van der Waals surface area contributed by atoms with Gasteiger partial charge in [-0.05, 0) is 67.5 Å². The number of ether oxygens (including phenoxy) is 5. The molecule has 0 amide bonds. The van der Waals surface area contributed by atoms with E-state index in [1.165, 1.54) is 0 Å². The second-order valence-corrected chi connectivity index (χ2v) is 17.6. The van der Waals surface area contributed by atoms with Crippen molar-refractivity contribution >= 4 is 22.7 Å². The van der Waals surface area contributed by atoms with Crippen molar-refractivity contribution in [3.8, 4) is 5.75 Å². The topological polar surface area (TPSA) is 108 Å². The Morgan fingerprint density at radius 1 is 0.525 bits per heavy atom. The zero-order chi connectivity index (χ0) is 41.3. The fourth-order valence-electron chi connectivity index (χ4n) is 7.06. The Kier molecular flexibility index (Phi) is 14.0. The molecule has 5 aromatic rings. The van der Waals surface area contributed by atoms with Gasteiger partial charge in [0.25, 0.3) is 0 Å². The van der Waals surface area contributed by atoms with Gasteiger partial charge in [-0.1, -0.05) is 133 Å². The highest BCUT2D eigenvalue weighted by Crippen LogP contribution is 2.37. The monoisotopic (exact) mass is 820 g/mol. The van der Waals surface area contributed by atoms with E-state index in [1.807, 2.05) is 149 Å². The normalized spacial score (nSPS) is 22.6. The molecule has 3 unspecified atom stereocenters. The van der Waals surface area contributed by atoms with Gasteiger partial charge in [-0.15, -0.1) is 0 Å². The molecule has 2 aliphatic heterocycles. The first kappa shape index (κ1) is 42.7. The maximum absolute atomic E-state index is 14.1. The molecule has 0 N–H and O–H groups in total. The fourth-order valence-corrected chi connectivity index (χ4v) is 8.20. The van der Waals surface area contributed by atoms with Crippen LogP contribution in [0.15, 0.2) is 146 Å². The van der Waals surface area contributed by atoms with Gasteiger partial charge in [0.1, 0.15) is 42.0 Å². The molecular formula is C47H53BO10S. The van der Waals surface area contributed by atoms with Crippen LogP contribution in [0, 0.1) is 0 Å². The van der Waals surface area contributed by atoms with Gasteiger partial charge in [-0.25, -0.2) is 0 Å². The lowest BCUT2D eigenvalue weighted by Crippen LogP contribution is -2.62. The molecule has 7 rings (SSSR count). The molecule has 2 saturated heterocycles. The minimum Gasteiger partial charge on any atom is -0.399 e. The van der Waals surface area contributed by atoms with Crippen LogP contribution in [0.2, 0.25) is 0 Å². The Balaban J connectivity index is 1.17. The molecule has 2 aliphatic rings. The van der Waals surface area contributed by atoms with Crippen molar-refractivity contribution < 1.29 is 45.6 Å². The van der Waals surface area contributed by atoms with E-state index >= 15 is 0 Å². The lowest BCUT2D eigenvalue weighted by Gasteiger charge is -2.46. The first-order valence-electron chi connectivity index (χ1n) is 20.1. The molecule has 5 atom stereocenters. The highest BCUT2D eigenvalue weighted by Gasteiger charge is 2.52. The molecular weight excluding hydrogens is 767 g/mol. The van der Waals surface area contributed by atoms with Crippen LogP contribution >= 0.6 is 0 Å². The molecule has 0 aromatic heterocycles. The Labute approximate surface area is 348 Å². The minimum absolute atomic E-state index is 0.0999. The van der Waals surface area contributed by atoms with E-state index in [0.717, 1.165) is 27.7 Å². The number of benzene rings is 5. The Morgan fingerprint density at radius 2 is 0.932 bits per heavy atom. The van der Waals surface area contributed by atoms with E-state index in [-0.39, 0.29) is 32.2 Å². The summed E-state index contributed by atoms with van der Waals surface area (Å²) in [5.74, 6) is -0.386. The second kappa shape index (κ2) is 19.3. The Bertz CT molecular complexity index is 2120. The van der Waals surface area contributed by atoms with Crippen LogP contribution in [-0.4, -0.2) is 69.6 Å². The van der Waals surface area contributed by atoms with Gasteiger partial charge in [-0.2, -0.15) is 8.42 Å². The van der Waals surface area contributed by atoms with Crippen LogP contribution in [0.5, 0.6) is 5.75 Å². The Hall–Kier alpha value is -4.37. The fraction of sp³-hybridized carbons (Fsp3) is 0.362. The van der Waals surface area contributed by atoms with Gasteiger partial charge < -0.3 is 37.2 Å². The first-order chi connectivity index (χ1) is 28.4. The summed E-state index contributed by atoms with van der Waals surface area (Å²) in [6, 6.07) is 45.9. The molecule has 0 spiro atoms. The molecule has 5 aromatic carbocycles. The van der Waals surface area contributed by atoms with Crippen molar-refractivity contribution in [1.29, 1.82) is 0 Å². The van der Waals surface area contributed by atoms with Gasteiger partial charge in [0.2, 0.25) is 0 Å². The zero-order valence-electron chi connectivity index (χ0n) is 34.1. The minimum atomic E-state index is -4.27. The highest BCUT2D eigenvalue weighted by molar-refractivity contribution is 7.87. The summed E-state index contributed by atoms with van der Waals surface area (Å²) in [5, 5.41) is 0. The molecule has 12 heteroatoms. The van der Waals surface area contributed by atoms with Gasteiger partial charge in [0, 0.05) is 0 Å². The van der Waals surface area contributed by atoms with Crippen LogP contribution in [0.1, 0.15) is 49.9 Å². The summed E-state index contributed by atoms with van der Waals surface area (Å²) in [4.78, 5) is 0. The van der Waals surface area contributed by atoms with Crippen molar-refractivity contribution in [1.82, 2.24) is 0 Å². The van der Waals surface area contributed by atoms with E-state index in [0.29, 0.717) is 6.61 Å². The summed E-state index contributed by atoms with van der Waals surface area (Å²) in [5.41, 5.74) is 3.50. The molecule has 59 heavy (non-hydrogen) atoms. The van der Waals surface area contributed by atoms with Gasteiger partial charge in [-0.3, -0.25) is 0 Å². The van der Waals surface area contributed by atoms with E-state index in [1.54, 1.807) is 24.3 Å². The molecule has 0 radical (unpaired) electrons. The summed E-state index contributed by atoms with van der Waals surface area (Å²) in [7, 11) is -4.88. The number of hydrogen-bond acceptors (Lipinski definition) is 10. The average Bonchev–Trinajstić information content (AvgIpc) is 3.46. The standard InChI is InChI=1S/C47H53BO10S/c1-46(2)47(3,4)58-48(57-46)39-25-27-40(28-26-39)56-59(49,50)34-42-44(53-31-37-21-13-7-14-22-37)45(54-32-38-23-15-8-16-24-38)43(52-30-36-19-11-6-12-20-36)41(55-42)33-51-29-35-17-9-5-10-18-35/h5-28,41-45H,29-34H2,1-4H3/t41?,42-,43+,44?,45?/m0/s1. The van der Waals surface area contributed by atoms with Crippen molar-refractivity contribution in [3.05, 3.63) is 168 Å². The number of hydrogen-bond donors (Lipinski definition) is 0. The van der Waals surface area contributed by atoms with E-state index < -0.39 is 64.7 Å². The van der Waals surface area contributed by atoms with Crippen LogP contribution in [0.4, 0.5) is 0 Å². The third-order valence-electron chi connectivity index (χ3n) is 11.0. The predicted molar refractivity (Wildman–Crippen MR) is 226 cm³/mol. The van der Waals surface area contributed by atoms with Crippen molar-refractivity contribution in [3.63, 3.8) is 0 Å². The quantitative estimate of drug-likeness (QED) is 0.0655. The largest absolute Gasteiger partial charge is 0.494 e. The molecule has 0 saturated carbocycles.